The van der Waals surface area contributed by atoms with E-state index in [1.807, 2.05) is 43.3 Å². The van der Waals surface area contributed by atoms with Gasteiger partial charge in [0.05, 0.1) is 0 Å². The minimum atomic E-state index is -0.357. The van der Waals surface area contributed by atoms with Gasteiger partial charge in [-0.2, -0.15) is 0 Å². The first-order valence-corrected chi connectivity index (χ1v) is 6.30. The summed E-state index contributed by atoms with van der Waals surface area (Å²) >= 11 is 0. The van der Waals surface area contributed by atoms with E-state index in [0.29, 0.717) is 6.61 Å². The first-order valence-electron chi connectivity index (χ1n) is 6.30. The van der Waals surface area contributed by atoms with Crippen molar-refractivity contribution in [2.75, 3.05) is 0 Å². The van der Waals surface area contributed by atoms with Crippen molar-refractivity contribution in [2.24, 2.45) is 0 Å². The molecule has 98 valence electrons. The van der Waals surface area contributed by atoms with Crippen LogP contribution in [0.15, 0.2) is 43.0 Å². The van der Waals surface area contributed by atoms with Crippen molar-refractivity contribution >= 4 is 6.09 Å². The molecule has 1 atom stereocenters. The Morgan fingerprint density at radius 3 is 2.83 bits per heavy atom. The highest BCUT2D eigenvalue weighted by atomic mass is 16.5. The summed E-state index contributed by atoms with van der Waals surface area (Å²) in [6.07, 6.45) is 4.48. The molecule has 3 nitrogen and oxygen atoms in total. The van der Waals surface area contributed by atoms with E-state index in [2.05, 4.69) is 11.9 Å². The third kappa shape index (κ3) is 6.09. The van der Waals surface area contributed by atoms with E-state index in [-0.39, 0.29) is 12.1 Å². The van der Waals surface area contributed by atoms with Gasteiger partial charge in [-0.05, 0) is 31.7 Å². The van der Waals surface area contributed by atoms with Crippen LogP contribution < -0.4 is 5.32 Å². The van der Waals surface area contributed by atoms with Gasteiger partial charge < -0.3 is 10.1 Å². The van der Waals surface area contributed by atoms with Gasteiger partial charge in [0.1, 0.15) is 6.61 Å². The Labute approximate surface area is 109 Å². The maximum Gasteiger partial charge on any atom is 0.407 e. The van der Waals surface area contributed by atoms with Crippen molar-refractivity contribution in [1.82, 2.24) is 5.32 Å². The van der Waals surface area contributed by atoms with Crippen molar-refractivity contribution < 1.29 is 9.53 Å². The summed E-state index contributed by atoms with van der Waals surface area (Å²) in [6.45, 7) is 5.96. The molecule has 0 aromatic heterocycles. The molecule has 0 saturated heterocycles. The molecule has 0 spiro atoms. The molecule has 0 saturated carbocycles. The number of rotatable bonds is 7. The van der Waals surface area contributed by atoms with E-state index >= 15 is 0 Å². The normalized spacial score (nSPS) is 11.6. The monoisotopic (exact) mass is 247 g/mol. The zero-order chi connectivity index (χ0) is 13.2. The van der Waals surface area contributed by atoms with Crippen molar-refractivity contribution in [3.8, 4) is 0 Å². The number of benzene rings is 1. The third-order valence-electron chi connectivity index (χ3n) is 2.62. The number of amides is 1. The Kier molecular flexibility index (Phi) is 6.62. The smallest absolute Gasteiger partial charge is 0.407 e. The number of unbranched alkanes of at least 4 members (excludes halogenated alkanes) is 1. The molecule has 0 aliphatic rings. The van der Waals surface area contributed by atoms with Crippen LogP contribution in [0.4, 0.5) is 4.79 Å². The lowest BCUT2D eigenvalue weighted by molar-refractivity contribution is 0.136. The van der Waals surface area contributed by atoms with Crippen LogP contribution in [0.2, 0.25) is 0 Å². The van der Waals surface area contributed by atoms with Gasteiger partial charge in [-0.15, -0.1) is 6.58 Å². The van der Waals surface area contributed by atoms with Gasteiger partial charge in [-0.3, -0.25) is 0 Å². The minimum Gasteiger partial charge on any atom is -0.445 e. The predicted octanol–water partition coefficient (Wildman–Crippen LogP) is 3.66. The predicted molar refractivity (Wildman–Crippen MR) is 73.3 cm³/mol. The van der Waals surface area contributed by atoms with Crippen LogP contribution in [0.25, 0.3) is 0 Å². The number of hydrogen-bond acceptors (Lipinski definition) is 2. The molecule has 1 aromatic rings. The Balaban J connectivity index is 2.19. The summed E-state index contributed by atoms with van der Waals surface area (Å²) < 4.78 is 5.13. The van der Waals surface area contributed by atoms with Crippen LogP contribution in [0.1, 0.15) is 31.7 Å². The van der Waals surface area contributed by atoms with Crippen molar-refractivity contribution in [3.63, 3.8) is 0 Å². The summed E-state index contributed by atoms with van der Waals surface area (Å²) in [6, 6.07) is 9.78. The Morgan fingerprint density at radius 1 is 1.44 bits per heavy atom. The second kappa shape index (κ2) is 8.34. The highest BCUT2D eigenvalue weighted by molar-refractivity contribution is 5.67. The third-order valence-corrected chi connectivity index (χ3v) is 2.62. The Morgan fingerprint density at radius 2 is 2.17 bits per heavy atom. The topological polar surface area (TPSA) is 38.3 Å². The van der Waals surface area contributed by atoms with E-state index < -0.39 is 0 Å². The lowest BCUT2D eigenvalue weighted by Gasteiger charge is -2.13. The quantitative estimate of drug-likeness (QED) is 0.590. The van der Waals surface area contributed by atoms with Gasteiger partial charge in [0.15, 0.2) is 0 Å². The highest BCUT2D eigenvalue weighted by Crippen LogP contribution is 2.03. The molecule has 1 N–H and O–H groups in total. The number of ether oxygens (including phenoxy) is 1. The fourth-order valence-corrected chi connectivity index (χ4v) is 1.61. The van der Waals surface area contributed by atoms with E-state index in [0.717, 1.165) is 24.8 Å². The lowest BCUT2D eigenvalue weighted by atomic mass is 10.1. The molecule has 0 aliphatic carbocycles. The molecule has 0 bridgehead atoms. The fourth-order valence-electron chi connectivity index (χ4n) is 1.61. The van der Waals surface area contributed by atoms with Crippen LogP contribution >= 0.6 is 0 Å². The number of nitrogens with one attached hydrogen (secondary N) is 1. The van der Waals surface area contributed by atoms with Crippen LogP contribution in [-0.2, 0) is 11.3 Å². The average molecular weight is 247 g/mol. The maximum atomic E-state index is 11.5. The average Bonchev–Trinajstić information content (AvgIpc) is 2.38. The van der Waals surface area contributed by atoms with Crippen molar-refractivity contribution in [2.45, 2.75) is 38.8 Å². The SMILES string of the molecule is C=CCCC[C@H](C)NC(=O)OCc1ccccc1. The Hall–Kier alpha value is -1.77. The van der Waals surface area contributed by atoms with Gasteiger partial charge in [-0.25, -0.2) is 4.79 Å². The first-order chi connectivity index (χ1) is 8.72. The second-order valence-electron chi connectivity index (χ2n) is 4.33. The molecule has 1 amide bonds. The Bertz CT molecular complexity index is 362. The van der Waals surface area contributed by atoms with Crippen LogP contribution in [-0.4, -0.2) is 12.1 Å². The highest BCUT2D eigenvalue weighted by Gasteiger charge is 2.07. The number of hydrogen-bond donors (Lipinski definition) is 1. The fraction of sp³-hybridized carbons (Fsp3) is 0.400. The first kappa shape index (κ1) is 14.3. The van der Waals surface area contributed by atoms with Crippen LogP contribution in [0.3, 0.4) is 0 Å². The summed E-state index contributed by atoms with van der Waals surface area (Å²) in [7, 11) is 0. The summed E-state index contributed by atoms with van der Waals surface area (Å²) in [5.41, 5.74) is 0.993. The minimum absolute atomic E-state index is 0.133. The molecule has 1 aromatic carbocycles. The van der Waals surface area contributed by atoms with Crippen molar-refractivity contribution in [3.05, 3.63) is 48.6 Å². The van der Waals surface area contributed by atoms with E-state index in [9.17, 15) is 4.79 Å². The zero-order valence-corrected chi connectivity index (χ0v) is 10.9. The summed E-state index contributed by atoms with van der Waals surface area (Å²) in [5, 5.41) is 2.81. The molecule has 1 rings (SSSR count). The number of carbonyl (C=O) groups is 1. The molecule has 0 heterocycles. The van der Waals surface area contributed by atoms with E-state index in [4.69, 9.17) is 4.74 Å². The molecule has 3 heteroatoms. The van der Waals surface area contributed by atoms with Gasteiger partial charge >= 0.3 is 6.09 Å². The zero-order valence-electron chi connectivity index (χ0n) is 10.9. The molecule has 0 fully saturated rings. The van der Waals surface area contributed by atoms with Gasteiger partial charge in [0.2, 0.25) is 0 Å². The van der Waals surface area contributed by atoms with E-state index in [1.165, 1.54) is 0 Å². The number of carbonyl (C=O) groups excluding carboxylic acids is 1. The second-order valence-corrected chi connectivity index (χ2v) is 4.33. The standard InChI is InChI=1S/C15H21NO2/c1-3-4-6-9-13(2)16-15(17)18-12-14-10-7-5-8-11-14/h3,5,7-8,10-11,13H,1,4,6,9,12H2,2H3,(H,16,17)/t13-/m0/s1. The molecular formula is C15H21NO2. The van der Waals surface area contributed by atoms with Crippen LogP contribution in [0, 0.1) is 0 Å². The molecule has 18 heavy (non-hydrogen) atoms. The van der Waals surface area contributed by atoms with Gasteiger partial charge in [0.25, 0.3) is 0 Å². The lowest BCUT2D eigenvalue weighted by Crippen LogP contribution is -2.32. The summed E-state index contributed by atoms with van der Waals surface area (Å²) in [5.74, 6) is 0. The molecule has 0 radical (unpaired) electrons. The van der Waals surface area contributed by atoms with Gasteiger partial charge in [0, 0.05) is 6.04 Å². The van der Waals surface area contributed by atoms with E-state index in [1.54, 1.807) is 0 Å². The molecular weight excluding hydrogens is 226 g/mol. The van der Waals surface area contributed by atoms with Gasteiger partial charge in [-0.1, -0.05) is 36.4 Å². The molecule has 0 aliphatic heterocycles. The van der Waals surface area contributed by atoms with Crippen molar-refractivity contribution in [1.29, 1.82) is 0 Å². The molecule has 0 unspecified atom stereocenters. The number of alkyl carbamates (subject to hydrolysis) is 1. The maximum absolute atomic E-state index is 11.5. The number of allylic oxidation sites excluding steroid dienone is 1. The summed E-state index contributed by atoms with van der Waals surface area (Å²) in [4.78, 5) is 11.5. The van der Waals surface area contributed by atoms with Crippen LogP contribution in [0.5, 0.6) is 0 Å². The largest absolute Gasteiger partial charge is 0.445 e.